The molecule has 9 heteroatoms. The highest BCUT2D eigenvalue weighted by molar-refractivity contribution is 7.92. The number of carbonyl (C=O) groups is 2. The van der Waals surface area contributed by atoms with Crippen molar-refractivity contribution in [2.24, 2.45) is 5.92 Å². The number of nitrogens with one attached hydrogen (secondary N) is 1. The van der Waals surface area contributed by atoms with E-state index in [-0.39, 0.29) is 29.7 Å². The number of sulfonamides is 1. The SMILES string of the molecule is Cc1ccc(N(CC(=O)N(Cc2cccc(Cl)c2)[C@H](Cc2ccccc2)C(=O)NCC(C)C)S(=O)(=O)c2ccc(C)cc2)cc1. The Balaban J connectivity index is 1.79. The van der Waals surface area contributed by atoms with E-state index in [9.17, 15) is 18.0 Å². The molecule has 0 aromatic heterocycles. The molecular formula is C36H40ClN3O4S. The molecule has 0 aliphatic rings. The average Bonchev–Trinajstić information content (AvgIpc) is 3.01. The molecule has 0 heterocycles. The van der Waals surface area contributed by atoms with E-state index in [2.05, 4.69) is 5.32 Å². The van der Waals surface area contributed by atoms with Gasteiger partial charge in [-0.05, 0) is 67.3 Å². The normalized spacial score (nSPS) is 12.0. The third kappa shape index (κ3) is 9.19. The van der Waals surface area contributed by atoms with E-state index in [1.807, 2.05) is 64.1 Å². The summed E-state index contributed by atoms with van der Waals surface area (Å²) in [6, 6.07) is 29.2. The molecule has 45 heavy (non-hydrogen) atoms. The highest BCUT2D eigenvalue weighted by Gasteiger charge is 2.34. The summed E-state index contributed by atoms with van der Waals surface area (Å²) in [6.07, 6.45) is 0.242. The van der Waals surface area contributed by atoms with Gasteiger partial charge in [0.15, 0.2) is 0 Å². The maximum Gasteiger partial charge on any atom is 0.264 e. The topological polar surface area (TPSA) is 86.8 Å². The van der Waals surface area contributed by atoms with E-state index in [0.29, 0.717) is 22.8 Å². The maximum atomic E-state index is 14.5. The quantitative estimate of drug-likeness (QED) is 0.178. The second-order valence-corrected chi connectivity index (χ2v) is 14.0. The minimum Gasteiger partial charge on any atom is -0.354 e. The van der Waals surface area contributed by atoms with Gasteiger partial charge in [-0.15, -0.1) is 0 Å². The molecule has 236 valence electrons. The molecular weight excluding hydrogens is 606 g/mol. The van der Waals surface area contributed by atoms with E-state index in [1.54, 1.807) is 54.6 Å². The molecule has 4 aromatic rings. The molecule has 4 rings (SSSR count). The van der Waals surface area contributed by atoms with E-state index in [0.717, 1.165) is 21.0 Å². The molecule has 1 atom stereocenters. The molecule has 0 aliphatic carbocycles. The van der Waals surface area contributed by atoms with Gasteiger partial charge in [-0.1, -0.05) is 103 Å². The van der Waals surface area contributed by atoms with Crippen LogP contribution >= 0.6 is 11.6 Å². The summed E-state index contributed by atoms with van der Waals surface area (Å²) in [4.78, 5) is 29.9. The molecule has 2 amide bonds. The van der Waals surface area contributed by atoms with Gasteiger partial charge in [0.2, 0.25) is 11.8 Å². The van der Waals surface area contributed by atoms with E-state index in [4.69, 9.17) is 11.6 Å². The van der Waals surface area contributed by atoms with Crippen LogP contribution in [0.25, 0.3) is 0 Å². The molecule has 0 bridgehead atoms. The number of halogens is 1. The van der Waals surface area contributed by atoms with E-state index < -0.39 is 28.5 Å². The van der Waals surface area contributed by atoms with Crippen molar-refractivity contribution in [2.45, 2.75) is 51.6 Å². The number of carbonyl (C=O) groups excluding carboxylic acids is 2. The van der Waals surface area contributed by atoms with Crippen LogP contribution in [0.15, 0.2) is 108 Å². The minimum atomic E-state index is -4.15. The summed E-state index contributed by atoms with van der Waals surface area (Å²) in [6.45, 7) is 7.75. The van der Waals surface area contributed by atoms with Crippen LogP contribution in [-0.2, 0) is 32.6 Å². The third-order valence-electron chi connectivity index (χ3n) is 7.41. The zero-order chi connectivity index (χ0) is 32.6. The van der Waals surface area contributed by atoms with E-state index in [1.165, 1.54) is 17.0 Å². The van der Waals surface area contributed by atoms with Crippen molar-refractivity contribution in [1.29, 1.82) is 0 Å². The molecule has 4 aromatic carbocycles. The standard InChI is InChI=1S/C36H40ClN3O4S/c1-26(2)23-38-36(42)34(22-29-9-6-5-7-10-29)39(24-30-11-8-12-31(37)21-30)35(41)25-40(32-17-13-27(3)14-18-32)45(43,44)33-19-15-28(4)16-20-33/h5-21,26,34H,22-25H2,1-4H3,(H,38,42)/t34-/m1/s1. The van der Waals surface area contributed by atoms with Crippen LogP contribution in [0.4, 0.5) is 5.69 Å². The van der Waals surface area contributed by atoms with Crippen molar-refractivity contribution in [3.8, 4) is 0 Å². The molecule has 0 fully saturated rings. The first-order chi connectivity index (χ1) is 21.4. The summed E-state index contributed by atoms with van der Waals surface area (Å²) in [5, 5.41) is 3.49. The summed E-state index contributed by atoms with van der Waals surface area (Å²) >= 11 is 6.31. The van der Waals surface area contributed by atoms with Gasteiger partial charge in [0, 0.05) is 24.5 Å². The van der Waals surface area contributed by atoms with Gasteiger partial charge >= 0.3 is 0 Å². The Hall–Kier alpha value is -4.14. The lowest BCUT2D eigenvalue weighted by Gasteiger charge is -2.34. The summed E-state index contributed by atoms with van der Waals surface area (Å²) < 4.78 is 29.4. The van der Waals surface area contributed by atoms with Gasteiger partial charge in [-0.25, -0.2) is 8.42 Å². The predicted molar refractivity (Wildman–Crippen MR) is 181 cm³/mol. The number of amides is 2. The second kappa shape index (κ2) is 15.2. The lowest BCUT2D eigenvalue weighted by Crippen LogP contribution is -2.53. The van der Waals surface area contributed by atoms with Crippen molar-refractivity contribution in [3.05, 3.63) is 130 Å². The fourth-order valence-electron chi connectivity index (χ4n) is 4.89. The van der Waals surface area contributed by atoms with Crippen molar-refractivity contribution >= 4 is 39.1 Å². The first-order valence-electron chi connectivity index (χ1n) is 15.0. The van der Waals surface area contributed by atoms with Gasteiger partial charge in [0.25, 0.3) is 10.0 Å². The lowest BCUT2D eigenvalue weighted by molar-refractivity contribution is -0.140. The molecule has 0 saturated carbocycles. The molecule has 0 radical (unpaired) electrons. The summed E-state index contributed by atoms with van der Waals surface area (Å²) in [5.41, 5.74) is 3.80. The van der Waals surface area contributed by atoms with Crippen LogP contribution in [0.1, 0.15) is 36.1 Å². The predicted octanol–water partition coefficient (Wildman–Crippen LogP) is 6.56. The molecule has 7 nitrogen and oxygen atoms in total. The molecule has 0 aliphatic heterocycles. The monoisotopic (exact) mass is 645 g/mol. The smallest absolute Gasteiger partial charge is 0.264 e. The molecule has 0 unspecified atom stereocenters. The van der Waals surface area contributed by atoms with Crippen LogP contribution in [0.5, 0.6) is 0 Å². The fraction of sp³-hybridized carbons (Fsp3) is 0.278. The molecule has 0 spiro atoms. The molecule has 1 N–H and O–H groups in total. The Morgan fingerprint density at radius 2 is 1.40 bits per heavy atom. The van der Waals surface area contributed by atoms with Crippen LogP contribution in [0.3, 0.4) is 0 Å². The summed E-state index contributed by atoms with van der Waals surface area (Å²) in [7, 11) is -4.15. The van der Waals surface area contributed by atoms with Gasteiger partial charge in [-0.3, -0.25) is 13.9 Å². The van der Waals surface area contributed by atoms with Crippen LogP contribution in [0, 0.1) is 19.8 Å². The van der Waals surface area contributed by atoms with Crippen LogP contribution in [0.2, 0.25) is 5.02 Å². The van der Waals surface area contributed by atoms with Crippen LogP contribution in [-0.4, -0.2) is 44.3 Å². The third-order valence-corrected chi connectivity index (χ3v) is 9.43. The van der Waals surface area contributed by atoms with Crippen molar-refractivity contribution in [3.63, 3.8) is 0 Å². The highest BCUT2D eigenvalue weighted by Crippen LogP contribution is 2.26. The fourth-order valence-corrected chi connectivity index (χ4v) is 6.51. The lowest BCUT2D eigenvalue weighted by atomic mass is 10.0. The number of anilines is 1. The maximum absolute atomic E-state index is 14.5. The Bertz CT molecular complexity index is 1690. The first-order valence-corrected chi connectivity index (χ1v) is 16.8. The van der Waals surface area contributed by atoms with E-state index >= 15 is 0 Å². The number of nitrogens with zero attached hydrogens (tertiary/aromatic N) is 2. The Morgan fingerprint density at radius 3 is 2.00 bits per heavy atom. The van der Waals surface area contributed by atoms with Gasteiger partial charge in [-0.2, -0.15) is 0 Å². The van der Waals surface area contributed by atoms with Crippen molar-refractivity contribution < 1.29 is 18.0 Å². The number of hydrogen-bond donors (Lipinski definition) is 1. The van der Waals surface area contributed by atoms with Crippen LogP contribution < -0.4 is 9.62 Å². The number of hydrogen-bond acceptors (Lipinski definition) is 4. The largest absolute Gasteiger partial charge is 0.354 e. The van der Waals surface area contributed by atoms with Gasteiger partial charge < -0.3 is 10.2 Å². The highest BCUT2D eigenvalue weighted by atomic mass is 35.5. The Labute approximate surface area is 271 Å². The summed E-state index contributed by atoms with van der Waals surface area (Å²) in [5.74, 6) is -0.641. The van der Waals surface area contributed by atoms with Crippen molar-refractivity contribution in [2.75, 3.05) is 17.4 Å². The average molecular weight is 646 g/mol. The molecule has 0 saturated heterocycles. The Kier molecular flexibility index (Phi) is 11.4. The first kappa shape index (κ1) is 33.7. The second-order valence-electron chi connectivity index (χ2n) is 11.7. The minimum absolute atomic E-state index is 0.0539. The number of aryl methyl sites for hydroxylation is 2. The zero-order valence-corrected chi connectivity index (χ0v) is 27.7. The Morgan fingerprint density at radius 1 is 0.800 bits per heavy atom. The number of rotatable bonds is 13. The number of benzene rings is 4. The van der Waals surface area contributed by atoms with Gasteiger partial charge in [0.1, 0.15) is 12.6 Å². The zero-order valence-electron chi connectivity index (χ0n) is 26.1. The van der Waals surface area contributed by atoms with Crippen molar-refractivity contribution in [1.82, 2.24) is 10.2 Å². The van der Waals surface area contributed by atoms with Gasteiger partial charge in [0.05, 0.1) is 10.6 Å².